The first-order valence-electron chi connectivity index (χ1n) is 10.4. The first kappa shape index (κ1) is 23.7. The predicted octanol–water partition coefficient (Wildman–Crippen LogP) is 2.62. The van der Waals surface area contributed by atoms with E-state index in [-0.39, 0.29) is 23.1 Å². The molecule has 1 saturated heterocycles. The smallest absolute Gasteiger partial charge is 0.413 e. The fourth-order valence-corrected chi connectivity index (χ4v) is 4.32. The van der Waals surface area contributed by atoms with Crippen molar-refractivity contribution < 1.29 is 27.8 Å². The van der Waals surface area contributed by atoms with Crippen LogP contribution < -0.4 is 20.1 Å². The topological polar surface area (TPSA) is 80.1 Å². The minimum atomic E-state index is -4.70. The molecule has 2 aliphatic heterocycles. The van der Waals surface area contributed by atoms with E-state index in [1.165, 1.54) is 31.4 Å². The van der Waals surface area contributed by atoms with Crippen LogP contribution in [0.2, 0.25) is 5.02 Å². The van der Waals surface area contributed by atoms with Crippen molar-refractivity contribution in [1.82, 2.24) is 9.55 Å². The number of fused-ring (bicyclic) bond motifs is 1. The van der Waals surface area contributed by atoms with E-state index >= 15 is 0 Å². The molecule has 0 amide bonds. The van der Waals surface area contributed by atoms with E-state index in [0.29, 0.717) is 31.3 Å². The quantitative estimate of drug-likeness (QED) is 0.693. The molecule has 3 heterocycles. The van der Waals surface area contributed by atoms with Gasteiger partial charge in [0.1, 0.15) is 17.7 Å². The number of alkyl halides is 3. The third-order valence-electron chi connectivity index (χ3n) is 6.13. The average Bonchev–Trinajstić information content (AvgIpc) is 3.07. The first-order chi connectivity index (χ1) is 15.5. The van der Waals surface area contributed by atoms with Gasteiger partial charge in [-0.1, -0.05) is 17.7 Å². The molecule has 1 aromatic heterocycles. The lowest BCUT2D eigenvalue weighted by atomic mass is 9.99. The summed E-state index contributed by atoms with van der Waals surface area (Å²) in [6.07, 6.45) is -6.06. The van der Waals surface area contributed by atoms with E-state index in [9.17, 15) is 23.1 Å². The lowest BCUT2D eigenvalue weighted by Crippen LogP contribution is -2.57. The third-order valence-corrected chi connectivity index (χ3v) is 6.37. The molecule has 33 heavy (non-hydrogen) atoms. The van der Waals surface area contributed by atoms with Crippen molar-refractivity contribution in [3.05, 3.63) is 45.2 Å². The molecule has 0 radical (unpaired) electrons. The normalized spacial score (nSPS) is 21.8. The number of ether oxygens (including phenoxy) is 2. The summed E-state index contributed by atoms with van der Waals surface area (Å²) in [7, 11) is 1.38. The maximum atomic E-state index is 14.3. The molecule has 4 rings (SSSR count). The van der Waals surface area contributed by atoms with Crippen LogP contribution >= 0.6 is 11.6 Å². The van der Waals surface area contributed by atoms with Crippen molar-refractivity contribution in [1.29, 1.82) is 0 Å². The number of aliphatic hydroxyl groups excluding tert-OH is 1. The van der Waals surface area contributed by atoms with E-state index in [2.05, 4.69) is 4.98 Å². The summed E-state index contributed by atoms with van der Waals surface area (Å²) in [5.74, 6) is 0.385. The molecule has 1 N–H and O–H groups in total. The van der Waals surface area contributed by atoms with E-state index in [0.717, 1.165) is 16.4 Å². The number of nitrogens with zero attached hydrogens (tertiary/aromatic N) is 4. The van der Waals surface area contributed by atoms with Gasteiger partial charge >= 0.3 is 6.18 Å². The van der Waals surface area contributed by atoms with Crippen LogP contribution in [0.3, 0.4) is 0 Å². The average molecular weight is 489 g/mol. The molecule has 1 fully saturated rings. The number of morpholine rings is 1. The van der Waals surface area contributed by atoms with Crippen LogP contribution in [0.1, 0.15) is 18.6 Å². The Balaban J connectivity index is 1.76. The predicted molar refractivity (Wildman–Crippen MR) is 116 cm³/mol. The monoisotopic (exact) mass is 488 g/mol. The van der Waals surface area contributed by atoms with Crippen molar-refractivity contribution in [3.8, 4) is 5.75 Å². The first-order valence-corrected chi connectivity index (χ1v) is 10.7. The number of anilines is 2. The molecule has 2 aliphatic rings. The van der Waals surface area contributed by atoms with Gasteiger partial charge in [0.25, 0.3) is 5.56 Å². The molecule has 0 saturated carbocycles. The number of hydrogen-bond acceptors (Lipinski definition) is 7. The maximum absolute atomic E-state index is 14.3. The van der Waals surface area contributed by atoms with Gasteiger partial charge < -0.3 is 24.4 Å². The molecule has 2 aromatic rings. The number of benzene rings is 1. The van der Waals surface area contributed by atoms with Crippen molar-refractivity contribution in [2.45, 2.75) is 31.3 Å². The van der Waals surface area contributed by atoms with Gasteiger partial charge in [-0.2, -0.15) is 18.2 Å². The molecule has 1 unspecified atom stereocenters. The van der Waals surface area contributed by atoms with E-state index < -0.39 is 36.5 Å². The zero-order valence-electron chi connectivity index (χ0n) is 18.1. The number of β-amino-alcohol motifs (C(OH)–C–C–N with tert-alkyl or cyclic N) is 1. The Morgan fingerprint density at radius 3 is 2.64 bits per heavy atom. The van der Waals surface area contributed by atoms with Crippen molar-refractivity contribution in [2.75, 3.05) is 49.8 Å². The molecule has 12 heteroatoms. The highest BCUT2D eigenvalue weighted by molar-refractivity contribution is 6.30. The Labute approximate surface area is 193 Å². The summed E-state index contributed by atoms with van der Waals surface area (Å²) in [5, 5.41) is 11.3. The van der Waals surface area contributed by atoms with Gasteiger partial charge in [0.2, 0.25) is 5.95 Å². The molecular weight excluding hydrogens is 465 g/mol. The second kappa shape index (κ2) is 8.69. The number of methoxy groups -OCH3 is 1. The Bertz CT molecular complexity index is 1090. The number of hydrogen-bond donors (Lipinski definition) is 1. The van der Waals surface area contributed by atoms with E-state index in [1.807, 2.05) is 0 Å². The standard InChI is InChI=1S/C21H24ClF3N4O4/c1-20(21(23,24)25)12-28-18(31)10-17(27-5-7-33-8-6-27)26-19(28)29(20)11-15(30)14-4-3-13(22)9-16(14)32-2/h3-4,9-10,15,30H,5-8,11-12H2,1-2H3/t15-,20?/m1/s1. The highest BCUT2D eigenvalue weighted by Crippen LogP contribution is 2.44. The van der Waals surface area contributed by atoms with Gasteiger partial charge in [0, 0.05) is 29.7 Å². The molecule has 0 spiro atoms. The fourth-order valence-electron chi connectivity index (χ4n) is 4.16. The van der Waals surface area contributed by atoms with Gasteiger partial charge in [-0.15, -0.1) is 0 Å². The van der Waals surface area contributed by atoms with Crippen LogP contribution in [0.25, 0.3) is 0 Å². The third kappa shape index (κ3) is 4.24. The summed E-state index contributed by atoms with van der Waals surface area (Å²) in [4.78, 5) is 20.0. The molecule has 1 aromatic carbocycles. The largest absolute Gasteiger partial charge is 0.496 e. The minimum Gasteiger partial charge on any atom is -0.496 e. The molecule has 8 nitrogen and oxygen atoms in total. The van der Waals surface area contributed by atoms with Crippen LogP contribution in [-0.2, 0) is 11.3 Å². The van der Waals surface area contributed by atoms with Crippen LogP contribution in [0.5, 0.6) is 5.75 Å². The SMILES string of the molecule is COc1cc(Cl)ccc1[C@H](O)CN1c2nc(N3CCOCC3)cc(=O)n2CC1(C)C(F)(F)F. The number of aromatic nitrogens is 2. The fraction of sp³-hybridized carbons (Fsp3) is 0.524. The Hall–Kier alpha value is -2.50. The van der Waals surface area contributed by atoms with Gasteiger partial charge in [0.15, 0.2) is 5.54 Å². The van der Waals surface area contributed by atoms with Crippen LogP contribution in [-0.4, -0.2) is 66.3 Å². The second-order valence-corrected chi connectivity index (χ2v) is 8.66. The Morgan fingerprint density at radius 1 is 1.30 bits per heavy atom. The number of halogens is 4. The molecule has 0 aliphatic carbocycles. The number of aliphatic hydroxyl groups is 1. The van der Waals surface area contributed by atoms with E-state index in [4.69, 9.17) is 21.1 Å². The maximum Gasteiger partial charge on any atom is 0.413 e. The second-order valence-electron chi connectivity index (χ2n) is 8.22. The van der Waals surface area contributed by atoms with Crippen molar-refractivity contribution in [2.24, 2.45) is 0 Å². The summed E-state index contributed by atoms with van der Waals surface area (Å²) < 4.78 is 54.3. The Morgan fingerprint density at radius 2 is 2.00 bits per heavy atom. The van der Waals surface area contributed by atoms with Gasteiger partial charge in [0.05, 0.1) is 33.4 Å². The molecular formula is C21H24ClF3N4O4. The lowest BCUT2D eigenvalue weighted by molar-refractivity contribution is -0.183. The molecule has 2 atom stereocenters. The molecule has 180 valence electrons. The summed E-state index contributed by atoms with van der Waals surface area (Å²) in [5.41, 5.74) is -2.76. The summed E-state index contributed by atoms with van der Waals surface area (Å²) >= 11 is 5.97. The zero-order valence-corrected chi connectivity index (χ0v) is 18.9. The van der Waals surface area contributed by atoms with Crippen molar-refractivity contribution in [3.63, 3.8) is 0 Å². The highest BCUT2D eigenvalue weighted by atomic mass is 35.5. The minimum absolute atomic E-state index is 0.143. The van der Waals surface area contributed by atoms with Crippen molar-refractivity contribution >= 4 is 23.4 Å². The van der Waals surface area contributed by atoms with Crippen LogP contribution in [0, 0.1) is 0 Å². The van der Waals surface area contributed by atoms with Gasteiger partial charge in [-0.05, 0) is 19.1 Å². The highest BCUT2D eigenvalue weighted by Gasteiger charge is 2.60. The van der Waals surface area contributed by atoms with E-state index in [1.54, 1.807) is 4.90 Å². The van der Waals surface area contributed by atoms with Gasteiger partial charge in [-0.25, -0.2) is 0 Å². The summed E-state index contributed by atoms with van der Waals surface area (Å²) in [6, 6.07) is 5.73. The number of rotatable bonds is 5. The lowest BCUT2D eigenvalue weighted by Gasteiger charge is -2.38. The van der Waals surface area contributed by atoms with Crippen LogP contribution in [0.4, 0.5) is 24.9 Å². The van der Waals surface area contributed by atoms with Crippen LogP contribution in [0.15, 0.2) is 29.1 Å². The zero-order chi connectivity index (χ0) is 24.0. The van der Waals surface area contributed by atoms with Gasteiger partial charge in [-0.3, -0.25) is 9.36 Å². The molecule has 0 bridgehead atoms. The Kier molecular flexibility index (Phi) is 6.23. The summed E-state index contributed by atoms with van der Waals surface area (Å²) in [6.45, 7) is 1.70.